The Morgan fingerprint density at radius 1 is 1.60 bits per heavy atom. The average molecular weight is 142 g/mol. The SMILES string of the molecule is [2H]c1c([2H])c(C(=O)C([2H])([2H])[2H])c([2H])c([2H])c1N. The lowest BCUT2D eigenvalue weighted by molar-refractivity contribution is 0.101. The van der Waals surface area contributed by atoms with Crippen molar-refractivity contribution in [3.63, 3.8) is 0 Å². The summed E-state index contributed by atoms with van der Waals surface area (Å²) >= 11 is 0. The zero-order valence-electron chi connectivity index (χ0n) is 12.0. The second-order valence-corrected chi connectivity index (χ2v) is 1.62. The molecular weight excluding hydrogens is 126 g/mol. The zero-order valence-corrected chi connectivity index (χ0v) is 4.99. The van der Waals surface area contributed by atoms with Crippen LogP contribution < -0.4 is 5.73 Å². The fraction of sp³-hybridized carbons (Fsp3) is 0.125. The first-order chi connectivity index (χ1) is 7.59. The van der Waals surface area contributed by atoms with E-state index in [2.05, 4.69) is 0 Å². The number of ketones is 1. The minimum Gasteiger partial charge on any atom is -0.399 e. The molecule has 2 N–H and O–H groups in total. The van der Waals surface area contributed by atoms with E-state index in [1.807, 2.05) is 0 Å². The minimum atomic E-state index is -3.01. The normalized spacial score (nSPS) is 20.6. The molecule has 0 amide bonds. The van der Waals surface area contributed by atoms with Gasteiger partial charge in [0.1, 0.15) is 0 Å². The maximum absolute atomic E-state index is 11.5. The van der Waals surface area contributed by atoms with E-state index in [4.69, 9.17) is 15.3 Å². The molecule has 0 aliphatic rings. The van der Waals surface area contributed by atoms with Crippen LogP contribution in [0.2, 0.25) is 0 Å². The van der Waals surface area contributed by atoms with Crippen LogP contribution in [0.1, 0.15) is 26.8 Å². The predicted molar refractivity (Wildman–Crippen MR) is 40.9 cm³/mol. The van der Waals surface area contributed by atoms with E-state index in [9.17, 15) is 4.79 Å². The van der Waals surface area contributed by atoms with Crippen LogP contribution in [0.3, 0.4) is 0 Å². The fourth-order valence-electron chi connectivity index (χ4n) is 0.436. The molecule has 1 aromatic carbocycles. The zero-order chi connectivity index (χ0) is 13.5. The number of nitrogens with two attached hydrogens (primary N) is 1. The Morgan fingerprint density at radius 3 is 2.70 bits per heavy atom. The highest BCUT2D eigenvalue weighted by Gasteiger charge is 1.95. The van der Waals surface area contributed by atoms with Crippen LogP contribution >= 0.6 is 0 Å². The monoisotopic (exact) mass is 142 g/mol. The summed E-state index contributed by atoms with van der Waals surface area (Å²) in [5.74, 6) is -1.42. The molecule has 0 unspecified atom stereocenters. The number of hydrogen-bond acceptors (Lipinski definition) is 2. The van der Waals surface area contributed by atoms with E-state index in [1.54, 1.807) is 0 Å². The summed E-state index contributed by atoms with van der Waals surface area (Å²) in [5.41, 5.74) is 4.12. The highest BCUT2D eigenvalue weighted by Crippen LogP contribution is 2.05. The Kier molecular flexibility index (Phi) is 0.526. The van der Waals surface area contributed by atoms with Gasteiger partial charge in [0.2, 0.25) is 0 Å². The first kappa shape index (κ1) is 2.09. The van der Waals surface area contributed by atoms with Crippen LogP contribution in [0.4, 0.5) is 5.69 Å². The molecule has 0 aromatic heterocycles. The van der Waals surface area contributed by atoms with Crippen molar-refractivity contribution < 1.29 is 14.4 Å². The van der Waals surface area contributed by atoms with Crippen molar-refractivity contribution in [1.82, 2.24) is 0 Å². The first-order valence-electron chi connectivity index (χ1n) is 5.99. The van der Waals surface area contributed by atoms with Gasteiger partial charge in [-0.25, -0.2) is 0 Å². The van der Waals surface area contributed by atoms with E-state index < -0.39 is 48.1 Å². The molecule has 0 saturated heterocycles. The Balaban J connectivity index is 3.62. The van der Waals surface area contributed by atoms with Gasteiger partial charge in [-0.1, -0.05) is 0 Å². The fourth-order valence-corrected chi connectivity index (χ4v) is 0.436. The highest BCUT2D eigenvalue weighted by atomic mass is 16.1. The van der Waals surface area contributed by atoms with Gasteiger partial charge in [-0.3, -0.25) is 4.79 Å². The standard InChI is InChI=1S/C8H9NO/c1-6(10)7-2-4-8(9)5-3-7/h2-5H,9H2,1H3/i1D3,2D,3D,4D,5D. The number of nitrogen functional groups attached to an aromatic ring is 1. The van der Waals surface area contributed by atoms with Gasteiger partial charge >= 0.3 is 0 Å². The molecule has 10 heavy (non-hydrogen) atoms. The quantitative estimate of drug-likeness (QED) is 0.476. The number of Topliss-reactive ketones (excluding diaryl/α,β-unsaturated/α-hetero) is 1. The average Bonchev–Trinajstić information content (AvgIpc) is 2.22. The number of rotatable bonds is 1. The third-order valence-electron chi connectivity index (χ3n) is 0.871. The van der Waals surface area contributed by atoms with Crippen molar-refractivity contribution >= 4 is 11.5 Å². The van der Waals surface area contributed by atoms with Gasteiger partial charge in [-0.2, -0.15) is 0 Å². The summed E-state index contributed by atoms with van der Waals surface area (Å²) in [6.45, 7) is -3.01. The predicted octanol–water partition coefficient (Wildman–Crippen LogP) is 1.47. The van der Waals surface area contributed by atoms with Crippen molar-refractivity contribution in [3.05, 3.63) is 29.7 Å². The van der Waals surface area contributed by atoms with E-state index in [1.165, 1.54) is 0 Å². The summed E-state index contributed by atoms with van der Waals surface area (Å²) in [6, 6.07) is -2.69. The maximum atomic E-state index is 11.5. The van der Waals surface area contributed by atoms with Gasteiger partial charge in [0, 0.05) is 15.4 Å². The van der Waals surface area contributed by atoms with Gasteiger partial charge in [-0.15, -0.1) is 0 Å². The molecular formula is C8H9NO. The van der Waals surface area contributed by atoms with Crippen LogP contribution in [0.15, 0.2) is 24.2 Å². The minimum absolute atomic E-state index is 0.415. The number of carbonyl (C=O) groups is 1. The molecule has 0 fully saturated rings. The van der Waals surface area contributed by atoms with Gasteiger partial charge in [0.25, 0.3) is 0 Å². The number of hydrogen-bond donors (Lipinski definition) is 1. The van der Waals surface area contributed by atoms with Crippen molar-refractivity contribution in [2.24, 2.45) is 0 Å². The maximum Gasteiger partial charge on any atom is 0.159 e. The summed E-state index contributed by atoms with van der Waals surface area (Å²) in [5, 5.41) is 0. The van der Waals surface area contributed by atoms with Crippen LogP contribution in [0.25, 0.3) is 0 Å². The Bertz CT molecular complexity index is 465. The van der Waals surface area contributed by atoms with E-state index in [0.29, 0.717) is 0 Å². The number of benzene rings is 1. The molecule has 0 aliphatic heterocycles. The number of anilines is 1. The molecule has 0 heterocycles. The largest absolute Gasteiger partial charge is 0.399 e. The van der Waals surface area contributed by atoms with Crippen LogP contribution in [-0.4, -0.2) is 5.78 Å². The Labute approximate surface area is 69.5 Å². The molecule has 0 bridgehead atoms. The van der Waals surface area contributed by atoms with E-state index in [0.717, 1.165) is 0 Å². The summed E-state index contributed by atoms with van der Waals surface area (Å²) in [6.07, 6.45) is 0. The molecule has 0 aliphatic carbocycles. The molecule has 2 heteroatoms. The summed E-state index contributed by atoms with van der Waals surface area (Å²) < 4.78 is 50.4. The highest BCUT2D eigenvalue weighted by molar-refractivity contribution is 5.94. The van der Waals surface area contributed by atoms with Crippen LogP contribution in [0.5, 0.6) is 0 Å². The van der Waals surface area contributed by atoms with Crippen molar-refractivity contribution in [3.8, 4) is 0 Å². The Morgan fingerprint density at radius 2 is 2.20 bits per heavy atom. The summed E-state index contributed by atoms with van der Waals surface area (Å²) in [4.78, 5) is 11.5. The Hall–Kier alpha value is -1.31. The number of carbonyl (C=O) groups excluding carboxylic acids is 1. The molecule has 1 rings (SSSR count). The van der Waals surface area contributed by atoms with Gasteiger partial charge < -0.3 is 5.73 Å². The molecule has 0 radical (unpaired) electrons. The van der Waals surface area contributed by atoms with Gasteiger partial charge in [0.05, 0.1) is 5.48 Å². The smallest absolute Gasteiger partial charge is 0.159 e. The molecule has 0 atom stereocenters. The van der Waals surface area contributed by atoms with Gasteiger partial charge in [-0.05, 0) is 31.0 Å². The molecule has 52 valence electrons. The van der Waals surface area contributed by atoms with Crippen molar-refractivity contribution in [1.29, 1.82) is 0 Å². The molecule has 0 saturated carbocycles. The second-order valence-electron chi connectivity index (χ2n) is 1.62. The van der Waals surface area contributed by atoms with E-state index >= 15 is 0 Å². The molecule has 0 spiro atoms. The third kappa shape index (κ3) is 1.35. The van der Waals surface area contributed by atoms with Crippen molar-refractivity contribution in [2.45, 2.75) is 6.85 Å². The van der Waals surface area contributed by atoms with E-state index in [-0.39, 0.29) is 0 Å². The lowest BCUT2D eigenvalue weighted by atomic mass is 10.1. The lowest BCUT2D eigenvalue weighted by Gasteiger charge is -1.94. The second kappa shape index (κ2) is 2.52. The van der Waals surface area contributed by atoms with Crippen molar-refractivity contribution in [2.75, 3.05) is 5.73 Å². The molecule has 2 nitrogen and oxygen atoms in total. The van der Waals surface area contributed by atoms with Crippen LogP contribution in [-0.2, 0) is 0 Å². The third-order valence-corrected chi connectivity index (χ3v) is 0.871. The topological polar surface area (TPSA) is 43.1 Å². The molecule has 1 aromatic rings. The van der Waals surface area contributed by atoms with Crippen LogP contribution in [0, 0.1) is 0 Å². The lowest BCUT2D eigenvalue weighted by Crippen LogP contribution is -1.91. The first-order valence-corrected chi connectivity index (χ1v) is 2.49. The van der Waals surface area contributed by atoms with Gasteiger partial charge in [0.15, 0.2) is 5.78 Å². The summed E-state index contributed by atoms with van der Waals surface area (Å²) in [7, 11) is 0.